The molecule has 0 atom stereocenters. The number of anilines is 1. The standard InChI is InChI=1S/C16H15N5O.C12H20N2O2.C2H6/c1-4-10-9-19-14-11(10)6-5-7-13(14)20-15(18)12(8-17)16(22)21(2)3;15-11-6-2-1-3-9-14(11)10-12(16)13-7-4-5-8-13;1-2/h1,5-7,9,19-20H,18H2,2-3H3;1-10H2;1-2H3/b15-12+;;. The molecule has 2 saturated heterocycles. The topological polar surface area (TPSA) is 139 Å². The normalized spacial score (nSPS) is 15.3. The average Bonchev–Trinajstić information content (AvgIpc) is 3.60. The summed E-state index contributed by atoms with van der Waals surface area (Å²) in [7, 11) is 3.11. The van der Waals surface area contributed by atoms with Crippen LogP contribution in [0.25, 0.3) is 10.9 Å². The van der Waals surface area contributed by atoms with Gasteiger partial charge in [0.2, 0.25) is 11.8 Å². The van der Waals surface area contributed by atoms with Crippen LogP contribution in [0.15, 0.2) is 35.8 Å². The number of H-pyrrole nitrogens is 1. The van der Waals surface area contributed by atoms with Crippen molar-refractivity contribution in [2.45, 2.75) is 52.4 Å². The van der Waals surface area contributed by atoms with E-state index in [0.29, 0.717) is 18.7 Å². The molecule has 10 heteroatoms. The number of aromatic amines is 1. The molecule has 3 heterocycles. The van der Waals surface area contributed by atoms with E-state index < -0.39 is 5.91 Å². The molecule has 0 bridgehead atoms. The molecular formula is C30H41N7O3. The molecule has 0 saturated carbocycles. The first-order valence-corrected chi connectivity index (χ1v) is 13.8. The number of likely N-dealkylation sites (tertiary alicyclic amines) is 2. The molecule has 0 spiro atoms. The Kier molecular flexibility index (Phi) is 12.6. The second-order valence-electron chi connectivity index (χ2n) is 9.51. The number of nitrogens with zero attached hydrogens (tertiary/aromatic N) is 4. The van der Waals surface area contributed by atoms with Gasteiger partial charge in [-0.1, -0.05) is 38.3 Å². The number of aromatic nitrogens is 1. The molecule has 4 N–H and O–H groups in total. The lowest BCUT2D eigenvalue weighted by atomic mass is 10.1. The summed E-state index contributed by atoms with van der Waals surface area (Å²) in [6.07, 6.45) is 13.1. The van der Waals surface area contributed by atoms with Crippen LogP contribution in [0.4, 0.5) is 5.69 Å². The zero-order valence-electron chi connectivity index (χ0n) is 24.0. The lowest BCUT2D eigenvalue weighted by molar-refractivity contribution is -0.139. The van der Waals surface area contributed by atoms with E-state index in [2.05, 4.69) is 16.2 Å². The number of rotatable bonds is 5. The molecule has 10 nitrogen and oxygen atoms in total. The van der Waals surface area contributed by atoms with E-state index in [1.165, 1.54) is 4.90 Å². The zero-order chi connectivity index (χ0) is 29.7. The van der Waals surface area contributed by atoms with Gasteiger partial charge in [-0.2, -0.15) is 5.26 Å². The number of carbonyl (C=O) groups is 3. The molecule has 4 rings (SSSR count). The number of nitrogens with two attached hydrogens (primary N) is 1. The Labute approximate surface area is 237 Å². The second kappa shape index (κ2) is 15.8. The number of hydrogen-bond acceptors (Lipinski definition) is 6. The van der Waals surface area contributed by atoms with Crippen molar-refractivity contribution >= 4 is 34.3 Å². The van der Waals surface area contributed by atoms with Crippen LogP contribution < -0.4 is 11.1 Å². The van der Waals surface area contributed by atoms with Crippen molar-refractivity contribution in [2.75, 3.05) is 45.6 Å². The van der Waals surface area contributed by atoms with Gasteiger partial charge in [-0.15, -0.1) is 6.42 Å². The lowest BCUT2D eigenvalue weighted by Crippen LogP contribution is -2.41. The molecule has 3 amide bonds. The van der Waals surface area contributed by atoms with Crippen LogP contribution in [0.5, 0.6) is 0 Å². The number of amides is 3. The first kappa shape index (κ1) is 31.8. The monoisotopic (exact) mass is 547 g/mol. The fraction of sp³-hybridized carbons (Fsp3) is 0.467. The highest BCUT2D eigenvalue weighted by Gasteiger charge is 2.24. The summed E-state index contributed by atoms with van der Waals surface area (Å²) in [5.74, 6) is 2.40. The van der Waals surface area contributed by atoms with Gasteiger partial charge >= 0.3 is 0 Å². The summed E-state index contributed by atoms with van der Waals surface area (Å²) in [5.41, 5.74) is 7.85. The van der Waals surface area contributed by atoms with Crippen LogP contribution >= 0.6 is 0 Å². The Morgan fingerprint density at radius 3 is 2.42 bits per heavy atom. The van der Waals surface area contributed by atoms with Crippen molar-refractivity contribution in [3.8, 4) is 18.4 Å². The van der Waals surface area contributed by atoms with Gasteiger partial charge in [-0.3, -0.25) is 14.4 Å². The molecule has 0 aliphatic carbocycles. The molecular weight excluding hydrogens is 506 g/mol. The van der Waals surface area contributed by atoms with Crippen LogP contribution in [0.2, 0.25) is 0 Å². The smallest absolute Gasteiger partial charge is 0.267 e. The third-order valence-corrected chi connectivity index (χ3v) is 6.60. The third-order valence-electron chi connectivity index (χ3n) is 6.60. The molecule has 2 aliphatic rings. The molecule has 214 valence electrons. The van der Waals surface area contributed by atoms with E-state index in [0.717, 1.165) is 68.2 Å². The van der Waals surface area contributed by atoms with Gasteiger partial charge in [0.1, 0.15) is 11.9 Å². The van der Waals surface area contributed by atoms with Crippen molar-refractivity contribution in [1.82, 2.24) is 19.7 Å². The molecule has 2 aliphatic heterocycles. The number of benzene rings is 1. The number of fused-ring (bicyclic) bond motifs is 1. The van der Waals surface area contributed by atoms with Crippen LogP contribution in [-0.2, 0) is 14.4 Å². The predicted octanol–water partition coefficient (Wildman–Crippen LogP) is 3.38. The Morgan fingerprint density at radius 1 is 1.12 bits per heavy atom. The number of nitriles is 1. The number of carbonyl (C=O) groups excluding carboxylic acids is 3. The van der Waals surface area contributed by atoms with Gasteiger partial charge in [0.15, 0.2) is 5.57 Å². The molecule has 0 radical (unpaired) electrons. The van der Waals surface area contributed by atoms with Gasteiger partial charge in [-0.05, 0) is 31.7 Å². The Morgan fingerprint density at radius 2 is 1.80 bits per heavy atom. The molecule has 1 aromatic carbocycles. The minimum absolute atomic E-state index is 0.00874. The van der Waals surface area contributed by atoms with Crippen molar-refractivity contribution in [3.05, 3.63) is 41.4 Å². The number of nitrogens with one attached hydrogen (secondary N) is 2. The van der Waals surface area contributed by atoms with Gasteiger partial charge < -0.3 is 30.7 Å². The number of hydrogen-bond donors (Lipinski definition) is 3. The van der Waals surface area contributed by atoms with Crippen LogP contribution in [0.1, 0.15) is 57.9 Å². The van der Waals surface area contributed by atoms with Crippen molar-refractivity contribution < 1.29 is 14.4 Å². The molecule has 2 aromatic rings. The van der Waals surface area contributed by atoms with E-state index in [-0.39, 0.29) is 23.2 Å². The van der Waals surface area contributed by atoms with Crippen molar-refractivity contribution in [2.24, 2.45) is 5.73 Å². The Hall–Kier alpha value is -4.44. The molecule has 1 aromatic heterocycles. The summed E-state index contributed by atoms with van der Waals surface area (Å²) in [4.78, 5) is 43.5. The molecule has 2 fully saturated rings. The van der Waals surface area contributed by atoms with Gasteiger partial charge in [0.05, 0.1) is 17.7 Å². The van der Waals surface area contributed by atoms with E-state index in [9.17, 15) is 14.4 Å². The first-order valence-electron chi connectivity index (χ1n) is 13.8. The van der Waals surface area contributed by atoms with Gasteiger partial charge in [0, 0.05) is 57.3 Å². The van der Waals surface area contributed by atoms with Crippen molar-refractivity contribution in [3.63, 3.8) is 0 Å². The maximum Gasteiger partial charge on any atom is 0.267 e. The average molecular weight is 548 g/mol. The highest BCUT2D eigenvalue weighted by atomic mass is 16.2. The van der Waals surface area contributed by atoms with Gasteiger partial charge in [0.25, 0.3) is 5.91 Å². The van der Waals surface area contributed by atoms with Crippen LogP contribution in [-0.4, -0.2) is 77.7 Å². The predicted molar refractivity (Wildman–Crippen MR) is 158 cm³/mol. The summed E-state index contributed by atoms with van der Waals surface area (Å²) in [5, 5.41) is 12.9. The van der Waals surface area contributed by atoms with Crippen LogP contribution in [0.3, 0.4) is 0 Å². The number of terminal acetylenes is 1. The first-order chi connectivity index (χ1) is 19.3. The summed E-state index contributed by atoms with van der Waals surface area (Å²) < 4.78 is 0. The Balaban J connectivity index is 0.000000275. The maximum atomic E-state index is 11.9. The highest BCUT2D eigenvalue weighted by Crippen LogP contribution is 2.26. The van der Waals surface area contributed by atoms with Gasteiger partial charge in [-0.25, -0.2) is 0 Å². The summed E-state index contributed by atoms with van der Waals surface area (Å²) >= 11 is 0. The third kappa shape index (κ3) is 8.28. The zero-order valence-corrected chi connectivity index (χ0v) is 24.0. The second-order valence-corrected chi connectivity index (χ2v) is 9.51. The summed E-state index contributed by atoms with van der Waals surface area (Å²) in [6, 6.07) is 7.29. The van der Waals surface area contributed by atoms with Crippen LogP contribution in [0, 0.1) is 23.7 Å². The Bertz CT molecular complexity index is 1290. The fourth-order valence-corrected chi connectivity index (χ4v) is 4.47. The highest BCUT2D eigenvalue weighted by molar-refractivity contribution is 5.99. The quantitative estimate of drug-likeness (QED) is 0.298. The number of likely N-dealkylation sites (N-methyl/N-ethyl adjacent to an activating group) is 1. The summed E-state index contributed by atoms with van der Waals surface area (Å²) in [6.45, 7) is 6.82. The molecule has 0 unspecified atom stereocenters. The minimum atomic E-state index is -0.463. The van der Waals surface area contributed by atoms with Crippen molar-refractivity contribution in [1.29, 1.82) is 5.26 Å². The minimum Gasteiger partial charge on any atom is -0.384 e. The number of para-hydroxylation sites is 1. The maximum absolute atomic E-state index is 11.9. The lowest BCUT2D eigenvalue weighted by Gasteiger charge is -2.23. The SMILES string of the molecule is C#Cc1c[nH]c2c(N/C(N)=C(\C#N)C(=O)N(C)C)cccc12.CC.O=C(CN1CCCCCC1=O)N1CCCC1. The molecule has 40 heavy (non-hydrogen) atoms. The van der Waals surface area contributed by atoms with E-state index in [4.69, 9.17) is 17.4 Å². The van der Waals surface area contributed by atoms with E-state index >= 15 is 0 Å². The van der Waals surface area contributed by atoms with E-state index in [1.807, 2.05) is 36.9 Å². The van der Waals surface area contributed by atoms with E-state index in [1.54, 1.807) is 31.3 Å². The largest absolute Gasteiger partial charge is 0.384 e. The fourth-order valence-electron chi connectivity index (χ4n) is 4.47.